The fourth-order valence-corrected chi connectivity index (χ4v) is 3.27. The van der Waals surface area contributed by atoms with Crippen molar-refractivity contribution in [2.75, 3.05) is 26.2 Å². The van der Waals surface area contributed by atoms with Crippen LogP contribution in [0.15, 0.2) is 24.3 Å². The van der Waals surface area contributed by atoms with Crippen LogP contribution in [-0.4, -0.2) is 43.2 Å². The second kappa shape index (κ2) is 6.12. The van der Waals surface area contributed by atoms with Crippen LogP contribution in [0.25, 0.3) is 0 Å². The summed E-state index contributed by atoms with van der Waals surface area (Å²) in [5, 5.41) is 3.94. The van der Waals surface area contributed by atoms with Crippen LogP contribution in [0.2, 0.25) is 5.02 Å². The monoisotopic (exact) mass is 294 g/mol. The summed E-state index contributed by atoms with van der Waals surface area (Å²) in [5.74, 6) is 0.0830. The van der Waals surface area contributed by atoms with Crippen LogP contribution in [0.1, 0.15) is 24.4 Å². The van der Waals surface area contributed by atoms with Gasteiger partial charge in [0.25, 0.3) is 5.91 Å². The highest BCUT2D eigenvalue weighted by Gasteiger charge is 2.35. The summed E-state index contributed by atoms with van der Waals surface area (Å²) in [5.41, 5.74) is 1.05. The molecule has 0 spiro atoms. The number of halogens is 1. The van der Waals surface area contributed by atoms with Crippen LogP contribution >= 0.6 is 11.6 Å². The Labute approximate surface area is 124 Å². The summed E-state index contributed by atoms with van der Waals surface area (Å²) in [6.45, 7) is 2.80. The number of morpholine rings is 1. The van der Waals surface area contributed by atoms with Crippen LogP contribution < -0.4 is 5.32 Å². The van der Waals surface area contributed by atoms with Crippen molar-refractivity contribution in [2.24, 2.45) is 0 Å². The van der Waals surface area contributed by atoms with Crippen molar-refractivity contribution in [3.63, 3.8) is 0 Å². The first-order chi connectivity index (χ1) is 9.77. The molecule has 1 N–H and O–H groups in total. The Hall–Kier alpha value is -1.10. The molecule has 5 heteroatoms. The standard InChI is InChI=1S/C15H19ClN2O2/c16-12-5-2-1-4-11(12)13-6-3-8-18(13)15(19)14-10-17-7-9-20-14/h1-2,4-5,13-14,17H,3,6-10H2/t13-,14-/m1/s1. The average molecular weight is 295 g/mol. The van der Waals surface area contributed by atoms with Crippen molar-refractivity contribution in [3.05, 3.63) is 34.9 Å². The molecule has 1 aromatic rings. The zero-order valence-corrected chi connectivity index (χ0v) is 12.1. The van der Waals surface area contributed by atoms with Gasteiger partial charge >= 0.3 is 0 Å². The lowest BCUT2D eigenvalue weighted by atomic mass is 10.0. The molecule has 4 nitrogen and oxygen atoms in total. The van der Waals surface area contributed by atoms with E-state index in [2.05, 4.69) is 5.32 Å². The zero-order chi connectivity index (χ0) is 13.9. The summed E-state index contributed by atoms with van der Waals surface area (Å²) in [6.07, 6.45) is 1.63. The second-order valence-corrected chi connectivity index (χ2v) is 5.68. The van der Waals surface area contributed by atoms with E-state index in [1.807, 2.05) is 29.2 Å². The number of likely N-dealkylation sites (tertiary alicyclic amines) is 1. The van der Waals surface area contributed by atoms with E-state index in [9.17, 15) is 4.79 Å². The van der Waals surface area contributed by atoms with E-state index < -0.39 is 0 Å². The summed E-state index contributed by atoms with van der Waals surface area (Å²) in [6, 6.07) is 7.87. The van der Waals surface area contributed by atoms with E-state index in [1.165, 1.54) is 0 Å². The number of ether oxygens (including phenoxy) is 1. The molecule has 2 aliphatic heterocycles. The SMILES string of the molecule is O=C([C@H]1CNCCO1)N1CCC[C@@H]1c1ccccc1Cl. The Kier molecular flexibility index (Phi) is 4.24. The Morgan fingerprint density at radius 3 is 3.00 bits per heavy atom. The van der Waals surface area contributed by atoms with E-state index in [0.29, 0.717) is 13.2 Å². The number of hydrogen-bond donors (Lipinski definition) is 1. The van der Waals surface area contributed by atoms with Crippen LogP contribution in [0.5, 0.6) is 0 Å². The predicted octanol–water partition coefficient (Wildman–Crippen LogP) is 1.99. The maximum Gasteiger partial charge on any atom is 0.253 e. The van der Waals surface area contributed by atoms with Crippen molar-refractivity contribution in [3.8, 4) is 0 Å². The fourth-order valence-electron chi connectivity index (χ4n) is 3.01. The van der Waals surface area contributed by atoms with Gasteiger partial charge in [-0.1, -0.05) is 29.8 Å². The topological polar surface area (TPSA) is 41.6 Å². The quantitative estimate of drug-likeness (QED) is 0.907. The average Bonchev–Trinajstić information content (AvgIpc) is 2.97. The lowest BCUT2D eigenvalue weighted by Crippen LogP contribution is -2.49. The summed E-state index contributed by atoms with van der Waals surface area (Å²) in [7, 11) is 0. The molecule has 2 heterocycles. The third kappa shape index (κ3) is 2.68. The Balaban J connectivity index is 1.78. The fraction of sp³-hybridized carbons (Fsp3) is 0.533. The smallest absolute Gasteiger partial charge is 0.253 e. The molecule has 1 amide bonds. The van der Waals surface area contributed by atoms with Gasteiger partial charge in [0, 0.05) is 24.7 Å². The number of hydrogen-bond acceptors (Lipinski definition) is 3. The van der Waals surface area contributed by atoms with Crippen LogP contribution in [-0.2, 0) is 9.53 Å². The molecule has 108 valence electrons. The predicted molar refractivity (Wildman–Crippen MR) is 77.7 cm³/mol. The minimum absolute atomic E-state index is 0.0830. The van der Waals surface area contributed by atoms with Crippen molar-refractivity contribution in [1.82, 2.24) is 10.2 Å². The molecule has 0 unspecified atom stereocenters. The van der Waals surface area contributed by atoms with Crippen molar-refractivity contribution >= 4 is 17.5 Å². The minimum atomic E-state index is -0.355. The molecule has 2 saturated heterocycles. The molecule has 2 fully saturated rings. The normalized spacial score (nSPS) is 26.8. The van der Waals surface area contributed by atoms with Crippen LogP contribution in [0, 0.1) is 0 Å². The first-order valence-electron chi connectivity index (χ1n) is 7.14. The van der Waals surface area contributed by atoms with Gasteiger partial charge in [-0.05, 0) is 24.5 Å². The van der Waals surface area contributed by atoms with Gasteiger partial charge in [-0.2, -0.15) is 0 Å². The maximum atomic E-state index is 12.6. The third-order valence-corrected chi connectivity index (χ3v) is 4.35. The summed E-state index contributed by atoms with van der Waals surface area (Å²) < 4.78 is 5.58. The molecular weight excluding hydrogens is 276 g/mol. The lowest BCUT2D eigenvalue weighted by Gasteiger charge is -2.31. The number of benzene rings is 1. The van der Waals surface area contributed by atoms with Gasteiger partial charge in [0.2, 0.25) is 0 Å². The molecule has 0 bridgehead atoms. The second-order valence-electron chi connectivity index (χ2n) is 5.27. The first kappa shape index (κ1) is 13.9. The van der Waals surface area contributed by atoms with Gasteiger partial charge < -0.3 is 15.0 Å². The largest absolute Gasteiger partial charge is 0.366 e. The van der Waals surface area contributed by atoms with Gasteiger partial charge in [0.1, 0.15) is 6.10 Å². The molecule has 0 aromatic heterocycles. The summed E-state index contributed by atoms with van der Waals surface area (Å²) in [4.78, 5) is 14.5. The van der Waals surface area contributed by atoms with Gasteiger partial charge in [-0.25, -0.2) is 0 Å². The summed E-state index contributed by atoms with van der Waals surface area (Å²) >= 11 is 6.28. The van der Waals surface area contributed by atoms with Crippen molar-refractivity contribution < 1.29 is 9.53 Å². The number of amides is 1. The van der Waals surface area contributed by atoms with Crippen LogP contribution in [0.3, 0.4) is 0 Å². The van der Waals surface area contributed by atoms with E-state index in [4.69, 9.17) is 16.3 Å². The highest BCUT2D eigenvalue weighted by atomic mass is 35.5. The molecule has 0 saturated carbocycles. The minimum Gasteiger partial charge on any atom is -0.366 e. The zero-order valence-electron chi connectivity index (χ0n) is 11.3. The Morgan fingerprint density at radius 1 is 1.40 bits per heavy atom. The van der Waals surface area contributed by atoms with E-state index in [0.717, 1.165) is 36.5 Å². The lowest BCUT2D eigenvalue weighted by molar-refractivity contribution is -0.146. The number of nitrogens with zero attached hydrogens (tertiary/aromatic N) is 1. The van der Waals surface area contributed by atoms with Gasteiger partial charge in [-0.15, -0.1) is 0 Å². The Morgan fingerprint density at radius 2 is 2.25 bits per heavy atom. The van der Waals surface area contributed by atoms with Crippen molar-refractivity contribution in [1.29, 1.82) is 0 Å². The Bertz CT molecular complexity index is 489. The van der Waals surface area contributed by atoms with Gasteiger partial charge in [-0.3, -0.25) is 4.79 Å². The van der Waals surface area contributed by atoms with Crippen LogP contribution in [0.4, 0.5) is 0 Å². The molecule has 2 aliphatic rings. The van der Waals surface area contributed by atoms with E-state index in [-0.39, 0.29) is 18.1 Å². The molecular formula is C15H19ClN2O2. The first-order valence-corrected chi connectivity index (χ1v) is 7.52. The third-order valence-electron chi connectivity index (χ3n) is 4.00. The number of rotatable bonds is 2. The molecule has 3 rings (SSSR count). The number of carbonyl (C=O) groups excluding carboxylic acids is 1. The molecule has 0 aliphatic carbocycles. The highest BCUT2D eigenvalue weighted by molar-refractivity contribution is 6.31. The highest BCUT2D eigenvalue weighted by Crippen LogP contribution is 2.36. The number of nitrogens with one attached hydrogen (secondary N) is 1. The molecule has 1 aromatic carbocycles. The number of carbonyl (C=O) groups is 1. The molecule has 2 atom stereocenters. The maximum absolute atomic E-state index is 12.6. The van der Waals surface area contributed by atoms with E-state index >= 15 is 0 Å². The molecule has 0 radical (unpaired) electrons. The van der Waals surface area contributed by atoms with E-state index in [1.54, 1.807) is 0 Å². The van der Waals surface area contributed by atoms with Crippen molar-refractivity contribution in [2.45, 2.75) is 25.0 Å². The van der Waals surface area contributed by atoms with Gasteiger partial charge in [0.15, 0.2) is 0 Å². The molecule has 20 heavy (non-hydrogen) atoms. The van der Waals surface area contributed by atoms with Gasteiger partial charge in [0.05, 0.1) is 12.6 Å².